The molecule has 0 aliphatic rings. The van der Waals surface area contributed by atoms with Crippen molar-refractivity contribution in [2.24, 2.45) is 0 Å². The molecule has 0 radical (unpaired) electrons. The van der Waals surface area contributed by atoms with Crippen molar-refractivity contribution >= 4 is 8.58 Å². The van der Waals surface area contributed by atoms with Crippen molar-refractivity contribution in [1.29, 1.82) is 0 Å². The van der Waals surface area contributed by atoms with E-state index in [4.69, 9.17) is 0 Å². The summed E-state index contributed by atoms with van der Waals surface area (Å²) >= 11 is 0. The maximum Gasteiger partial charge on any atom is 0.181 e. The summed E-state index contributed by atoms with van der Waals surface area (Å²) in [5, 5.41) is 0. The van der Waals surface area contributed by atoms with E-state index >= 15 is 0 Å². The molecule has 0 amide bonds. The average molecular weight is 243 g/mol. The summed E-state index contributed by atoms with van der Waals surface area (Å²) in [6, 6.07) is 2.94. The summed E-state index contributed by atoms with van der Waals surface area (Å²) < 4.78 is 0. The van der Waals surface area contributed by atoms with Crippen molar-refractivity contribution < 1.29 is 0 Å². The van der Waals surface area contributed by atoms with Crippen LogP contribution in [0.4, 0.5) is 0 Å². The molecule has 1 unspecified atom stereocenters. The molecule has 1 atom stereocenters. The molecule has 3 heteroatoms. The fraction of sp³-hybridized carbons (Fsp3) is 0.615. The number of rotatable bonds is 4. The molecule has 1 aromatic rings. The molecule has 1 rings (SSSR count). The molecule has 16 heavy (non-hydrogen) atoms. The third-order valence-corrected chi connectivity index (χ3v) is 2.57. The van der Waals surface area contributed by atoms with Crippen LogP contribution in [0.3, 0.4) is 0 Å². The van der Waals surface area contributed by atoms with E-state index in [1.54, 1.807) is 12.4 Å². The molecule has 0 aliphatic carbocycles. The van der Waals surface area contributed by atoms with E-state index in [0.29, 0.717) is 0 Å². The molecule has 1 heterocycles. The quantitative estimate of drug-likeness (QED) is 0.631. The van der Waals surface area contributed by atoms with Crippen molar-refractivity contribution in [2.75, 3.05) is 12.8 Å². The maximum absolute atomic E-state index is 10.2. The van der Waals surface area contributed by atoms with Gasteiger partial charge in [0, 0.05) is 24.5 Å². The lowest BCUT2D eigenvalue weighted by Gasteiger charge is -1.91. The number of nitrogens with one attached hydrogen (secondary N) is 1. The second kappa shape index (κ2) is 16.8. The fourth-order valence-corrected chi connectivity index (χ4v) is 1.53. The zero-order valence-electron chi connectivity index (χ0n) is 11.0. The molecule has 0 bridgehead atoms. The first-order valence-electron chi connectivity index (χ1n) is 6.09. The minimum atomic E-state index is 0.0405. The predicted molar refractivity (Wildman–Crippen MR) is 77.0 cm³/mol. The number of pyridine rings is 1. The van der Waals surface area contributed by atoms with E-state index in [2.05, 4.69) is 18.6 Å². The van der Waals surface area contributed by atoms with E-state index in [1.807, 2.05) is 13.8 Å². The minimum absolute atomic E-state index is 0.0405. The topological polar surface area (TPSA) is 32.9 Å². The summed E-state index contributed by atoms with van der Waals surface area (Å²) in [5.74, 6) is 0. The van der Waals surface area contributed by atoms with Crippen molar-refractivity contribution in [2.45, 2.75) is 40.0 Å². The monoisotopic (exact) mass is 243 g/mol. The number of hydrogen-bond acceptors (Lipinski definition) is 1. The molecule has 0 saturated heterocycles. The Bertz CT molecular complexity index is 239. The molecule has 0 aromatic carbocycles. The summed E-state index contributed by atoms with van der Waals surface area (Å²) in [5.41, 5.74) is 0.0405. The van der Waals surface area contributed by atoms with E-state index < -0.39 is 0 Å². The summed E-state index contributed by atoms with van der Waals surface area (Å²) in [7, 11) is 1.17. The highest BCUT2D eigenvalue weighted by Crippen LogP contribution is 2.06. The van der Waals surface area contributed by atoms with Crippen molar-refractivity contribution in [3.05, 3.63) is 34.7 Å². The molecule has 0 saturated carbocycles. The zero-order valence-corrected chi connectivity index (χ0v) is 12.0. The van der Waals surface area contributed by atoms with Crippen LogP contribution < -0.4 is 5.43 Å². The van der Waals surface area contributed by atoms with Crippen LogP contribution in [0.2, 0.25) is 0 Å². The maximum atomic E-state index is 10.2. The van der Waals surface area contributed by atoms with E-state index in [9.17, 15) is 4.79 Å². The van der Waals surface area contributed by atoms with Crippen LogP contribution in [-0.4, -0.2) is 17.8 Å². The zero-order chi connectivity index (χ0) is 12.6. The number of hydrogen-bond donors (Lipinski definition) is 1. The van der Waals surface area contributed by atoms with Gasteiger partial charge < -0.3 is 4.98 Å². The number of aromatic amines is 1. The van der Waals surface area contributed by atoms with Crippen molar-refractivity contribution in [3.63, 3.8) is 0 Å². The number of H-pyrrole nitrogens is 1. The van der Waals surface area contributed by atoms with Gasteiger partial charge in [0.2, 0.25) is 0 Å². The number of unbranched alkanes of at least 4 members (excludes halogenated alkanes) is 2. The Balaban J connectivity index is 0. The van der Waals surface area contributed by atoms with Gasteiger partial charge in [-0.25, -0.2) is 0 Å². The fourth-order valence-electron chi connectivity index (χ4n) is 0.923. The molecule has 2 nitrogen and oxygen atoms in total. The first-order valence-corrected chi connectivity index (χ1v) is 7.79. The Hall–Kier alpha value is -0.620. The standard InChI is InChI=1S/C6H15P.C5H5NO.C2H6/c1-3-4-5-6-7-2;7-5-1-3-6-4-2-5;1-2/h7H,3-6H2,1-2H3;1-4H,(H,6,7);1-2H3. The van der Waals surface area contributed by atoms with Crippen LogP contribution in [0.25, 0.3) is 0 Å². The summed E-state index contributed by atoms with van der Waals surface area (Å²) in [4.78, 5) is 13.0. The highest BCUT2D eigenvalue weighted by Gasteiger charge is 1.79. The Morgan fingerprint density at radius 1 is 1.19 bits per heavy atom. The average Bonchev–Trinajstić information content (AvgIpc) is 2.34. The third-order valence-electron chi connectivity index (χ3n) is 1.72. The first kappa shape index (κ1) is 17.8. The van der Waals surface area contributed by atoms with Gasteiger partial charge in [0.05, 0.1) is 0 Å². The van der Waals surface area contributed by atoms with Gasteiger partial charge >= 0.3 is 0 Å². The van der Waals surface area contributed by atoms with Crippen LogP contribution in [-0.2, 0) is 0 Å². The Morgan fingerprint density at radius 2 is 1.75 bits per heavy atom. The summed E-state index contributed by atoms with van der Waals surface area (Å²) in [6.07, 6.45) is 8.90. The van der Waals surface area contributed by atoms with E-state index in [0.717, 1.165) is 0 Å². The molecule has 0 fully saturated rings. The number of aromatic nitrogens is 1. The summed E-state index contributed by atoms with van der Waals surface area (Å²) in [6.45, 7) is 8.52. The van der Waals surface area contributed by atoms with Crippen LogP contribution >= 0.6 is 8.58 Å². The van der Waals surface area contributed by atoms with Gasteiger partial charge in [-0.2, -0.15) is 0 Å². The lowest BCUT2D eigenvalue weighted by atomic mass is 10.3. The van der Waals surface area contributed by atoms with Crippen LogP contribution in [0.1, 0.15) is 40.0 Å². The smallest absolute Gasteiger partial charge is 0.181 e. The van der Waals surface area contributed by atoms with Gasteiger partial charge in [0.15, 0.2) is 5.43 Å². The molecule has 94 valence electrons. The first-order chi connectivity index (χ1) is 7.81. The van der Waals surface area contributed by atoms with Crippen LogP contribution in [0.5, 0.6) is 0 Å². The van der Waals surface area contributed by atoms with E-state index in [-0.39, 0.29) is 5.43 Å². The van der Waals surface area contributed by atoms with Gasteiger partial charge in [-0.15, -0.1) is 8.58 Å². The molecule has 1 N–H and O–H groups in total. The van der Waals surface area contributed by atoms with Gasteiger partial charge in [0.1, 0.15) is 0 Å². The molecule has 0 spiro atoms. The Kier molecular flexibility index (Phi) is 18.6. The van der Waals surface area contributed by atoms with Gasteiger partial charge in [0.25, 0.3) is 0 Å². The molecular formula is C13H26NOP. The normalized spacial score (nSPS) is 9.00. The minimum Gasteiger partial charge on any atom is -0.367 e. The van der Waals surface area contributed by atoms with Crippen LogP contribution in [0, 0.1) is 0 Å². The Morgan fingerprint density at radius 3 is 2.06 bits per heavy atom. The van der Waals surface area contributed by atoms with E-state index in [1.165, 1.54) is 46.1 Å². The second-order valence-corrected chi connectivity index (χ2v) is 4.25. The molecular weight excluding hydrogens is 217 g/mol. The van der Waals surface area contributed by atoms with Crippen molar-refractivity contribution in [1.82, 2.24) is 4.98 Å². The predicted octanol–water partition coefficient (Wildman–Crippen LogP) is 3.89. The van der Waals surface area contributed by atoms with Crippen LogP contribution in [0.15, 0.2) is 29.3 Å². The van der Waals surface area contributed by atoms with Gasteiger partial charge in [-0.05, 0) is 19.2 Å². The lowest BCUT2D eigenvalue weighted by molar-refractivity contribution is 0.777. The Labute approximate surface area is 102 Å². The van der Waals surface area contributed by atoms with Gasteiger partial charge in [-0.1, -0.05) is 33.6 Å². The highest BCUT2D eigenvalue weighted by atomic mass is 31.1. The SMILES string of the molecule is CC.CCCCCPC.O=c1cc[nH]cc1. The second-order valence-electron chi connectivity index (χ2n) is 3.05. The highest BCUT2D eigenvalue weighted by molar-refractivity contribution is 7.36. The molecule has 0 aliphatic heterocycles. The molecule has 1 aromatic heterocycles. The third kappa shape index (κ3) is 15.8. The lowest BCUT2D eigenvalue weighted by Crippen LogP contribution is -1.92. The largest absolute Gasteiger partial charge is 0.367 e. The van der Waals surface area contributed by atoms with Gasteiger partial charge in [-0.3, -0.25) is 4.79 Å². The van der Waals surface area contributed by atoms with Crippen molar-refractivity contribution in [3.8, 4) is 0 Å².